The molecule has 12 N–H and O–H groups in total. The van der Waals surface area contributed by atoms with E-state index in [1.54, 1.807) is 6.92 Å². The number of benzene rings is 3. The number of hydrogen-bond acceptors (Lipinski definition) is 30. The Morgan fingerprint density at radius 3 is 0.495 bits per heavy atom. The summed E-state index contributed by atoms with van der Waals surface area (Å²) in [6.07, 6.45) is 0. The van der Waals surface area contributed by atoms with Crippen LogP contribution in [0.25, 0.3) is 0 Å². The van der Waals surface area contributed by atoms with Gasteiger partial charge in [-0.1, -0.05) is 36.4 Å². The molecule has 0 saturated carbocycles. The van der Waals surface area contributed by atoms with Crippen LogP contribution in [0.1, 0.15) is 85.9 Å². The van der Waals surface area contributed by atoms with Crippen LogP contribution >= 0.6 is 0 Å². The first-order valence-corrected chi connectivity index (χ1v) is 29.6. The molecule has 0 radical (unpaired) electrons. The van der Waals surface area contributed by atoms with E-state index in [4.69, 9.17) is 42.6 Å². The van der Waals surface area contributed by atoms with Gasteiger partial charge in [-0.25, -0.2) is 0 Å². The van der Waals surface area contributed by atoms with Crippen LogP contribution in [0.3, 0.4) is 0 Å². The Kier molecular flexibility index (Phi) is 29.1. The zero-order valence-electron chi connectivity index (χ0n) is 54.9. The molecule has 0 atom stereocenters. The predicted molar refractivity (Wildman–Crippen MR) is 326 cm³/mol. The van der Waals surface area contributed by atoms with Gasteiger partial charge in [0.1, 0.15) is 106 Å². The normalized spacial score (nSPS) is 12.8. The van der Waals surface area contributed by atoms with Gasteiger partial charge in [0, 0.05) is 5.41 Å². The molecule has 0 amide bonds. The lowest BCUT2D eigenvalue weighted by Crippen LogP contribution is -2.46. The third-order valence-corrected chi connectivity index (χ3v) is 16.7. The third-order valence-electron chi connectivity index (χ3n) is 16.7. The molecular weight excluding hydrogens is 1260 g/mol. The highest BCUT2D eigenvalue weighted by atomic mass is 16.6. The van der Waals surface area contributed by atoms with Crippen molar-refractivity contribution in [2.24, 2.45) is 48.7 Å². The van der Waals surface area contributed by atoms with Crippen molar-refractivity contribution in [2.75, 3.05) is 119 Å². The van der Waals surface area contributed by atoms with Crippen molar-refractivity contribution in [3.63, 3.8) is 0 Å². The molecule has 0 fully saturated rings. The molecule has 530 valence electrons. The molecule has 30 nitrogen and oxygen atoms in total. The summed E-state index contributed by atoms with van der Waals surface area (Å²) in [5.74, 6) is -10.6. The quantitative estimate of drug-likeness (QED) is 0.0141. The van der Waals surface area contributed by atoms with Gasteiger partial charge in [0.25, 0.3) is 0 Å². The number of rotatable bonds is 39. The SMILES string of the molecule is CC(CO)(CO)C(=O)OCC(C)(COC(=O)C(C)(CO)CO)C(=O)Oc1ccc(C(C)(c2ccc(OC(=O)C(C)(COC(=O)C(C)(CO)CO)COC(=O)C(C)(CO)CO)cc2)c2ccc(OC(=O)C(C)(COC(=O)C(C)(CO)CO)COC(=O)C(C)(CO)CO)cc2)cc1. The Morgan fingerprint density at radius 1 is 0.232 bits per heavy atom. The fourth-order valence-electron chi connectivity index (χ4n) is 7.71. The zero-order chi connectivity index (χ0) is 72.2. The molecule has 0 heterocycles. The smallest absolute Gasteiger partial charge is 0.324 e. The summed E-state index contributed by atoms with van der Waals surface area (Å²) < 4.78 is 49.5. The summed E-state index contributed by atoms with van der Waals surface area (Å²) in [4.78, 5) is 121. The van der Waals surface area contributed by atoms with Crippen LogP contribution in [-0.4, -0.2) is 234 Å². The Morgan fingerprint density at radius 2 is 0.368 bits per heavy atom. The second-order valence-electron chi connectivity index (χ2n) is 26.3. The number of hydrogen-bond donors (Lipinski definition) is 12. The fourth-order valence-corrected chi connectivity index (χ4v) is 7.71. The van der Waals surface area contributed by atoms with E-state index in [-0.39, 0.29) is 17.2 Å². The monoisotopic (exact) mass is 1350 g/mol. The molecule has 0 saturated heterocycles. The second-order valence-corrected chi connectivity index (χ2v) is 26.3. The highest BCUT2D eigenvalue weighted by molar-refractivity contribution is 5.85. The van der Waals surface area contributed by atoms with Crippen LogP contribution in [0.5, 0.6) is 17.2 Å². The Hall–Kier alpha value is -7.59. The molecule has 95 heavy (non-hydrogen) atoms. The van der Waals surface area contributed by atoms with Crippen LogP contribution < -0.4 is 14.2 Å². The molecule has 0 aliphatic carbocycles. The van der Waals surface area contributed by atoms with Crippen LogP contribution in [0.2, 0.25) is 0 Å². The lowest BCUT2D eigenvalue weighted by molar-refractivity contribution is -0.178. The summed E-state index contributed by atoms with van der Waals surface area (Å²) in [6, 6.07) is 17.3. The van der Waals surface area contributed by atoms with E-state index in [2.05, 4.69) is 0 Å². The predicted octanol–water partition coefficient (Wildman–Crippen LogP) is -1.02. The molecule has 3 rings (SSSR count). The maximum Gasteiger partial charge on any atom is 0.324 e. The Bertz CT molecular complexity index is 2650. The number of carbonyl (C=O) groups is 9. The van der Waals surface area contributed by atoms with Gasteiger partial charge < -0.3 is 104 Å². The molecule has 30 heteroatoms. The first-order chi connectivity index (χ1) is 44.3. The maximum absolute atomic E-state index is 14.2. The van der Waals surface area contributed by atoms with Crippen molar-refractivity contribution in [3.05, 3.63) is 89.5 Å². The first kappa shape index (κ1) is 81.6. The van der Waals surface area contributed by atoms with E-state index in [0.29, 0.717) is 16.7 Å². The van der Waals surface area contributed by atoms with Crippen LogP contribution in [0, 0.1) is 48.7 Å². The molecule has 0 bridgehead atoms. The average Bonchev–Trinajstić information content (AvgIpc) is 0.766. The number of aliphatic hydroxyl groups excluding tert-OH is 12. The lowest BCUT2D eigenvalue weighted by Gasteiger charge is -2.33. The summed E-state index contributed by atoms with van der Waals surface area (Å²) in [7, 11) is 0. The Labute approximate surface area is 548 Å². The minimum atomic E-state index is -2.03. The number of carbonyl (C=O) groups excluding carboxylic acids is 9. The summed E-state index contributed by atoms with van der Waals surface area (Å²) >= 11 is 0. The van der Waals surface area contributed by atoms with Gasteiger partial charge in [-0.05, 0) is 122 Å². The maximum atomic E-state index is 14.2. The minimum absolute atomic E-state index is 0.135. The van der Waals surface area contributed by atoms with Gasteiger partial charge in [-0.2, -0.15) is 0 Å². The van der Waals surface area contributed by atoms with Crippen molar-refractivity contribution in [2.45, 2.75) is 74.7 Å². The van der Waals surface area contributed by atoms with E-state index < -0.39 is 227 Å². The highest BCUT2D eigenvalue weighted by Gasteiger charge is 2.48. The largest absolute Gasteiger partial charge is 0.464 e. The van der Waals surface area contributed by atoms with Gasteiger partial charge >= 0.3 is 53.7 Å². The van der Waals surface area contributed by atoms with E-state index in [1.807, 2.05) is 0 Å². The lowest BCUT2D eigenvalue weighted by atomic mass is 9.71. The van der Waals surface area contributed by atoms with Crippen molar-refractivity contribution in [1.29, 1.82) is 0 Å². The molecule has 0 aliphatic rings. The molecule has 0 unspecified atom stereocenters. The summed E-state index contributed by atoms with van der Waals surface area (Å²) in [5.41, 5.74) is -17.1. The zero-order valence-corrected chi connectivity index (χ0v) is 54.9. The average molecular weight is 1350 g/mol. The van der Waals surface area contributed by atoms with Crippen molar-refractivity contribution < 1.29 is 147 Å². The van der Waals surface area contributed by atoms with Gasteiger partial charge in [0.15, 0.2) is 0 Å². The van der Waals surface area contributed by atoms with Crippen LogP contribution in [0.15, 0.2) is 72.8 Å². The van der Waals surface area contributed by atoms with Crippen LogP contribution in [-0.2, 0) is 77.0 Å². The van der Waals surface area contributed by atoms with Crippen molar-refractivity contribution in [1.82, 2.24) is 0 Å². The standard InChI is InChI=1S/C65H90O30/c1-56(23-66,24-67)47(78)87-35-62(7,36-88-48(79)57(2,25-68)26-69)53(84)93-44-17-11-41(12-18-44)65(10,42-13-19-45(20-14-42)94-54(85)63(8,37-89-49(80)58(3,27-70)28-71)38-90-50(81)59(4,29-72)30-73)43-15-21-46(22-16-43)95-55(86)64(9,39-91-51(82)60(5,31-74)32-75)40-92-52(83)61(6,33-76)34-77/h11-22,66-77H,23-40H2,1-10H3. The topological polar surface area (TPSA) is 479 Å². The van der Waals surface area contributed by atoms with Gasteiger partial charge in [0.05, 0.1) is 79.3 Å². The van der Waals surface area contributed by atoms with Gasteiger partial charge in [0.2, 0.25) is 0 Å². The minimum Gasteiger partial charge on any atom is -0.464 e. The molecule has 0 aliphatic heterocycles. The molecule has 3 aromatic rings. The summed E-state index contributed by atoms with van der Waals surface area (Å²) in [5, 5.41) is 118. The van der Waals surface area contributed by atoms with Crippen LogP contribution in [0.4, 0.5) is 0 Å². The van der Waals surface area contributed by atoms with Crippen molar-refractivity contribution in [3.8, 4) is 17.2 Å². The molecule has 0 aromatic heterocycles. The fraction of sp³-hybridized carbons (Fsp3) is 0.585. The molecule has 3 aromatic carbocycles. The van der Waals surface area contributed by atoms with E-state index >= 15 is 0 Å². The molecular formula is C65H90O30. The number of esters is 9. The van der Waals surface area contributed by atoms with Gasteiger partial charge in [-0.3, -0.25) is 43.2 Å². The molecule has 0 spiro atoms. The van der Waals surface area contributed by atoms with Crippen molar-refractivity contribution >= 4 is 53.7 Å². The van der Waals surface area contributed by atoms with E-state index in [1.165, 1.54) is 135 Å². The third kappa shape index (κ3) is 19.3. The Balaban J connectivity index is 2.24. The second kappa shape index (κ2) is 33.9. The van der Waals surface area contributed by atoms with E-state index in [9.17, 15) is 104 Å². The number of aliphatic hydroxyl groups is 12. The first-order valence-electron chi connectivity index (χ1n) is 29.6. The van der Waals surface area contributed by atoms with E-state index in [0.717, 1.165) is 0 Å². The number of ether oxygens (including phenoxy) is 9. The van der Waals surface area contributed by atoms with Gasteiger partial charge in [-0.15, -0.1) is 0 Å². The highest BCUT2D eigenvalue weighted by Crippen LogP contribution is 2.42. The summed E-state index contributed by atoms with van der Waals surface area (Å²) in [6.45, 7) is -2.87.